The fourth-order valence-electron chi connectivity index (χ4n) is 1.70. The minimum absolute atomic E-state index is 0.663. The third kappa shape index (κ3) is 2.65. The SMILES string of the molecule is CCCOc1ccccc1NC1CCC1. The van der Waals surface area contributed by atoms with Crippen LogP contribution in [0.2, 0.25) is 0 Å². The van der Waals surface area contributed by atoms with Crippen molar-refractivity contribution in [2.45, 2.75) is 38.6 Å². The van der Waals surface area contributed by atoms with Crippen molar-refractivity contribution in [3.8, 4) is 5.75 Å². The van der Waals surface area contributed by atoms with E-state index >= 15 is 0 Å². The summed E-state index contributed by atoms with van der Waals surface area (Å²) in [5.74, 6) is 0.992. The molecule has 1 fully saturated rings. The van der Waals surface area contributed by atoms with Crippen LogP contribution in [0.25, 0.3) is 0 Å². The summed E-state index contributed by atoms with van der Waals surface area (Å²) in [6.45, 7) is 2.92. The van der Waals surface area contributed by atoms with Gasteiger partial charge in [0.05, 0.1) is 12.3 Å². The molecule has 0 radical (unpaired) electrons. The second-order valence-corrected chi connectivity index (χ2v) is 4.12. The first-order chi connectivity index (χ1) is 7.40. The van der Waals surface area contributed by atoms with Gasteiger partial charge in [0.1, 0.15) is 5.75 Å². The van der Waals surface area contributed by atoms with E-state index in [9.17, 15) is 0 Å². The Balaban J connectivity index is 1.99. The van der Waals surface area contributed by atoms with Crippen LogP contribution >= 0.6 is 0 Å². The van der Waals surface area contributed by atoms with Crippen LogP contribution in [-0.2, 0) is 0 Å². The van der Waals surface area contributed by atoms with Gasteiger partial charge < -0.3 is 10.1 Å². The van der Waals surface area contributed by atoms with E-state index in [4.69, 9.17) is 4.74 Å². The number of hydrogen-bond donors (Lipinski definition) is 1. The second-order valence-electron chi connectivity index (χ2n) is 4.12. The average Bonchev–Trinajstić information content (AvgIpc) is 2.22. The van der Waals surface area contributed by atoms with Crippen molar-refractivity contribution in [1.29, 1.82) is 0 Å². The monoisotopic (exact) mass is 205 g/mol. The Morgan fingerprint density at radius 3 is 2.80 bits per heavy atom. The van der Waals surface area contributed by atoms with Crippen LogP contribution in [-0.4, -0.2) is 12.6 Å². The van der Waals surface area contributed by atoms with E-state index in [0.29, 0.717) is 6.04 Å². The van der Waals surface area contributed by atoms with Crippen molar-refractivity contribution in [1.82, 2.24) is 0 Å². The van der Waals surface area contributed by atoms with Crippen molar-refractivity contribution in [2.75, 3.05) is 11.9 Å². The lowest BCUT2D eigenvalue weighted by Gasteiger charge is -2.28. The maximum absolute atomic E-state index is 5.69. The summed E-state index contributed by atoms with van der Waals surface area (Å²) in [6.07, 6.45) is 5.00. The molecule has 2 nitrogen and oxygen atoms in total. The first kappa shape index (κ1) is 10.3. The molecule has 82 valence electrons. The molecule has 1 aromatic carbocycles. The van der Waals surface area contributed by atoms with Gasteiger partial charge in [-0.3, -0.25) is 0 Å². The standard InChI is InChI=1S/C13H19NO/c1-2-10-15-13-9-4-3-8-12(13)14-11-6-5-7-11/h3-4,8-9,11,14H,2,5-7,10H2,1H3. The molecule has 0 bridgehead atoms. The maximum Gasteiger partial charge on any atom is 0.142 e. The third-order valence-electron chi connectivity index (χ3n) is 2.81. The first-order valence-electron chi connectivity index (χ1n) is 5.88. The van der Waals surface area contributed by atoms with Gasteiger partial charge in [-0.2, -0.15) is 0 Å². The van der Waals surface area contributed by atoms with Gasteiger partial charge in [-0.25, -0.2) is 0 Å². The van der Waals surface area contributed by atoms with E-state index in [1.807, 2.05) is 12.1 Å². The highest BCUT2D eigenvalue weighted by atomic mass is 16.5. The summed E-state index contributed by atoms with van der Waals surface area (Å²) in [4.78, 5) is 0. The largest absolute Gasteiger partial charge is 0.491 e. The van der Waals surface area contributed by atoms with Crippen LogP contribution in [0, 0.1) is 0 Å². The van der Waals surface area contributed by atoms with Crippen LogP contribution in [0.15, 0.2) is 24.3 Å². The highest BCUT2D eigenvalue weighted by Gasteiger charge is 2.17. The fraction of sp³-hybridized carbons (Fsp3) is 0.538. The molecule has 1 aliphatic rings. The number of para-hydroxylation sites is 2. The third-order valence-corrected chi connectivity index (χ3v) is 2.81. The lowest BCUT2D eigenvalue weighted by molar-refractivity contribution is 0.317. The molecule has 2 rings (SSSR count). The highest BCUT2D eigenvalue weighted by molar-refractivity contribution is 5.56. The molecule has 0 heterocycles. The summed E-state index contributed by atoms with van der Waals surface area (Å²) in [5.41, 5.74) is 1.15. The minimum Gasteiger partial charge on any atom is -0.491 e. The molecule has 1 aliphatic carbocycles. The Morgan fingerprint density at radius 2 is 2.13 bits per heavy atom. The quantitative estimate of drug-likeness (QED) is 0.795. The zero-order valence-electron chi connectivity index (χ0n) is 9.33. The number of anilines is 1. The van der Waals surface area contributed by atoms with Crippen molar-refractivity contribution >= 4 is 5.69 Å². The molecule has 0 atom stereocenters. The van der Waals surface area contributed by atoms with Gasteiger partial charge in [-0.05, 0) is 37.8 Å². The normalized spacial score (nSPS) is 15.8. The number of hydrogen-bond acceptors (Lipinski definition) is 2. The lowest BCUT2D eigenvalue weighted by atomic mass is 9.93. The summed E-state index contributed by atoms with van der Waals surface area (Å²) in [5, 5.41) is 3.53. The molecule has 1 N–H and O–H groups in total. The molecule has 1 aromatic rings. The smallest absolute Gasteiger partial charge is 0.142 e. The Kier molecular flexibility index (Phi) is 3.49. The van der Waals surface area contributed by atoms with E-state index in [2.05, 4.69) is 24.4 Å². The van der Waals surface area contributed by atoms with Gasteiger partial charge in [-0.1, -0.05) is 19.1 Å². The molecule has 0 amide bonds. The Hall–Kier alpha value is -1.18. The van der Waals surface area contributed by atoms with Gasteiger partial charge in [0, 0.05) is 6.04 Å². The predicted octanol–water partition coefficient (Wildman–Crippen LogP) is 3.44. The molecular weight excluding hydrogens is 186 g/mol. The van der Waals surface area contributed by atoms with Crippen LogP contribution in [0.4, 0.5) is 5.69 Å². The van der Waals surface area contributed by atoms with E-state index in [1.54, 1.807) is 0 Å². The van der Waals surface area contributed by atoms with Gasteiger partial charge in [0.25, 0.3) is 0 Å². The van der Waals surface area contributed by atoms with E-state index in [1.165, 1.54) is 19.3 Å². The van der Waals surface area contributed by atoms with Crippen molar-refractivity contribution in [2.24, 2.45) is 0 Å². The molecular formula is C13H19NO. The van der Waals surface area contributed by atoms with Crippen LogP contribution in [0.3, 0.4) is 0 Å². The number of benzene rings is 1. The number of rotatable bonds is 5. The number of ether oxygens (including phenoxy) is 1. The molecule has 0 unspecified atom stereocenters. The Morgan fingerprint density at radius 1 is 1.33 bits per heavy atom. The van der Waals surface area contributed by atoms with Gasteiger partial charge in [0.2, 0.25) is 0 Å². The minimum atomic E-state index is 0.663. The van der Waals surface area contributed by atoms with E-state index in [0.717, 1.165) is 24.5 Å². The molecule has 0 aliphatic heterocycles. The summed E-state index contributed by atoms with van der Waals surface area (Å²) >= 11 is 0. The van der Waals surface area contributed by atoms with Crippen molar-refractivity contribution < 1.29 is 4.74 Å². The molecule has 0 spiro atoms. The Labute approximate surface area is 91.6 Å². The van der Waals surface area contributed by atoms with Crippen molar-refractivity contribution in [3.05, 3.63) is 24.3 Å². The molecule has 0 aromatic heterocycles. The maximum atomic E-state index is 5.69. The zero-order chi connectivity index (χ0) is 10.5. The fourth-order valence-corrected chi connectivity index (χ4v) is 1.70. The predicted molar refractivity (Wildman–Crippen MR) is 63.5 cm³/mol. The second kappa shape index (κ2) is 5.06. The van der Waals surface area contributed by atoms with Crippen LogP contribution in [0.5, 0.6) is 5.75 Å². The van der Waals surface area contributed by atoms with E-state index < -0.39 is 0 Å². The zero-order valence-corrected chi connectivity index (χ0v) is 9.33. The van der Waals surface area contributed by atoms with Crippen LogP contribution < -0.4 is 10.1 Å². The van der Waals surface area contributed by atoms with E-state index in [-0.39, 0.29) is 0 Å². The van der Waals surface area contributed by atoms with Gasteiger partial charge in [0.15, 0.2) is 0 Å². The summed E-state index contributed by atoms with van der Waals surface area (Å²) in [7, 11) is 0. The first-order valence-corrected chi connectivity index (χ1v) is 5.88. The van der Waals surface area contributed by atoms with Gasteiger partial charge >= 0.3 is 0 Å². The average molecular weight is 205 g/mol. The summed E-state index contributed by atoms with van der Waals surface area (Å²) < 4.78 is 5.69. The molecule has 1 saturated carbocycles. The Bertz CT molecular complexity index is 307. The summed E-state index contributed by atoms with van der Waals surface area (Å²) in [6, 6.07) is 8.88. The molecule has 2 heteroatoms. The molecule has 0 saturated heterocycles. The topological polar surface area (TPSA) is 21.3 Å². The number of nitrogens with one attached hydrogen (secondary N) is 1. The van der Waals surface area contributed by atoms with Gasteiger partial charge in [-0.15, -0.1) is 0 Å². The highest BCUT2D eigenvalue weighted by Crippen LogP contribution is 2.29. The van der Waals surface area contributed by atoms with Crippen LogP contribution in [0.1, 0.15) is 32.6 Å². The molecule has 15 heavy (non-hydrogen) atoms. The lowest BCUT2D eigenvalue weighted by Crippen LogP contribution is -2.27. The van der Waals surface area contributed by atoms with Crippen molar-refractivity contribution in [3.63, 3.8) is 0 Å².